The van der Waals surface area contributed by atoms with Crippen molar-refractivity contribution in [3.8, 4) is 11.5 Å². The van der Waals surface area contributed by atoms with Gasteiger partial charge in [-0.05, 0) is 38.5 Å². The molecule has 7 nitrogen and oxygen atoms in total. The average Bonchev–Trinajstić information content (AvgIpc) is 2.29. The van der Waals surface area contributed by atoms with E-state index in [-0.39, 0.29) is 29.4 Å². The molecular weight excluding hydrogens is 274 g/mol. The molecule has 116 valence electrons. The number of ether oxygens (including phenoxy) is 2. The van der Waals surface area contributed by atoms with E-state index >= 15 is 0 Å². The van der Waals surface area contributed by atoms with Gasteiger partial charge in [-0.1, -0.05) is 0 Å². The lowest BCUT2D eigenvalue weighted by atomic mass is 10.1. The molecule has 0 atom stereocenters. The van der Waals surface area contributed by atoms with Gasteiger partial charge in [0.05, 0.1) is 18.6 Å². The molecule has 1 rings (SSSR count). The van der Waals surface area contributed by atoms with Gasteiger partial charge in [-0.15, -0.1) is 0 Å². The minimum Gasteiger partial charge on any atom is -0.503 e. The molecule has 0 radical (unpaired) electrons. The Hall–Kier alpha value is -2.44. The zero-order valence-electron chi connectivity index (χ0n) is 12.6. The van der Waals surface area contributed by atoms with Crippen molar-refractivity contribution in [2.75, 3.05) is 12.4 Å². The van der Waals surface area contributed by atoms with E-state index < -0.39 is 11.7 Å². The third-order valence-electron chi connectivity index (χ3n) is 2.38. The van der Waals surface area contributed by atoms with Crippen LogP contribution in [0.15, 0.2) is 12.1 Å². The van der Waals surface area contributed by atoms with E-state index in [9.17, 15) is 9.90 Å². The number of phenolic OH excluding ortho intramolecular Hbond substituents is 1. The van der Waals surface area contributed by atoms with Gasteiger partial charge in [0, 0.05) is 6.42 Å². The van der Waals surface area contributed by atoms with Crippen molar-refractivity contribution in [3.05, 3.63) is 17.7 Å². The molecule has 0 aliphatic heterocycles. The summed E-state index contributed by atoms with van der Waals surface area (Å²) in [6.07, 6.45) is -0.514. The van der Waals surface area contributed by atoms with Gasteiger partial charge in [-0.25, -0.2) is 4.79 Å². The number of methoxy groups -OCH3 is 1. The van der Waals surface area contributed by atoms with E-state index in [4.69, 9.17) is 20.6 Å². The van der Waals surface area contributed by atoms with Crippen LogP contribution < -0.4 is 15.8 Å². The van der Waals surface area contributed by atoms with E-state index in [0.29, 0.717) is 5.56 Å². The lowest BCUT2D eigenvalue weighted by molar-refractivity contribution is 0.0635. The zero-order valence-corrected chi connectivity index (χ0v) is 12.6. The fourth-order valence-corrected chi connectivity index (χ4v) is 1.65. The fourth-order valence-electron chi connectivity index (χ4n) is 1.65. The first-order valence-electron chi connectivity index (χ1n) is 6.35. The first-order chi connectivity index (χ1) is 9.62. The van der Waals surface area contributed by atoms with Crippen molar-refractivity contribution in [1.82, 2.24) is 0 Å². The molecule has 0 saturated carbocycles. The number of benzene rings is 1. The maximum absolute atomic E-state index is 11.8. The van der Waals surface area contributed by atoms with Crippen molar-refractivity contribution in [2.24, 2.45) is 5.73 Å². The Bertz CT molecular complexity index is 550. The second-order valence-electron chi connectivity index (χ2n) is 5.52. The molecule has 1 aromatic carbocycles. The van der Waals surface area contributed by atoms with Crippen molar-refractivity contribution < 1.29 is 19.4 Å². The molecule has 0 aromatic heterocycles. The third-order valence-corrected chi connectivity index (χ3v) is 2.38. The van der Waals surface area contributed by atoms with Gasteiger partial charge in [0.1, 0.15) is 5.60 Å². The normalized spacial score (nSPS) is 10.9. The molecule has 0 unspecified atom stereocenters. The van der Waals surface area contributed by atoms with Gasteiger partial charge in [-0.3, -0.25) is 10.7 Å². The summed E-state index contributed by atoms with van der Waals surface area (Å²) in [7, 11) is 1.39. The van der Waals surface area contributed by atoms with E-state index in [2.05, 4.69) is 5.32 Å². The number of nitrogens with one attached hydrogen (secondary N) is 2. The Morgan fingerprint density at radius 1 is 1.43 bits per heavy atom. The molecule has 1 amide bonds. The summed E-state index contributed by atoms with van der Waals surface area (Å²) in [4.78, 5) is 11.8. The summed E-state index contributed by atoms with van der Waals surface area (Å²) in [6, 6.07) is 3.07. The summed E-state index contributed by atoms with van der Waals surface area (Å²) in [5.74, 6) is -0.0681. The maximum Gasteiger partial charge on any atom is 0.412 e. The van der Waals surface area contributed by atoms with E-state index in [1.165, 1.54) is 13.2 Å². The van der Waals surface area contributed by atoms with Crippen LogP contribution in [0, 0.1) is 5.41 Å². The number of anilines is 1. The molecule has 0 heterocycles. The summed E-state index contributed by atoms with van der Waals surface area (Å²) in [6.45, 7) is 5.21. The number of amides is 1. The van der Waals surface area contributed by atoms with Crippen LogP contribution in [0.3, 0.4) is 0 Å². The van der Waals surface area contributed by atoms with Gasteiger partial charge in [-0.2, -0.15) is 0 Å². The summed E-state index contributed by atoms with van der Waals surface area (Å²) in [5, 5.41) is 19.8. The van der Waals surface area contributed by atoms with Crippen molar-refractivity contribution >= 4 is 17.6 Å². The topological polar surface area (TPSA) is 118 Å². The predicted molar refractivity (Wildman–Crippen MR) is 80.1 cm³/mol. The predicted octanol–water partition coefficient (Wildman–Crippen LogP) is 2.23. The van der Waals surface area contributed by atoms with E-state index in [1.54, 1.807) is 26.8 Å². The quantitative estimate of drug-likeness (QED) is 0.386. The van der Waals surface area contributed by atoms with Crippen LogP contribution in [0.5, 0.6) is 11.5 Å². The smallest absolute Gasteiger partial charge is 0.412 e. The minimum atomic E-state index is -0.695. The number of carbonyl (C=O) groups is 1. The zero-order chi connectivity index (χ0) is 16.2. The SMILES string of the molecule is COc1cc(CC(=N)N)cc(NC(=O)OC(C)(C)C)c1O. The van der Waals surface area contributed by atoms with Crippen LogP contribution in [0.1, 0.15) is 26.3 Å². The van der Waals surface area contributed by atoms with Gasteiger partial charge in [0.15, 0.2) is 11.5 Å². The molecule has 0 aliphatic carbocycles. The average molecular weight is 295 g/mol. The van der Waals surface area contributed by atoms with E-state index in [1.807, 2.05) is 0 Å². The number of rotatable bonds is 4. The first kappa shape index (κ1) is 16.6. The summed E-state index contributed by atoms with van der Waals surface area (Å²) >= 11 is 0. The Morgan fingerprint density at radius 3 is 2.52 bits per heavy atom. The second-order valence-corrected chi connectivity index (χ2v) is 5.52. The lowest BCUT2D eigenvalue weighted by Gasteiger charge is -2.20. The van der Waals surface area contributed by atoms with Gasteiger partial charge < -0.3 is 20.3 Å². The van der Waals surface area contributed by atoms with Crippen LogP contribution >= 0.6 is 0 Å². The van der Waals surface area contributed by atoms with Crippen LogP contribution in [-0.4, -0.2) is 29.7 Å². The highest BCUT2D eigenvalue weighted by Gasteiger charge is 2.19. The molecule has 0 aliphatic rings. The molecule has 1 aromatic rings. The maximum atomic E-state index is 11.8. The van der Waals surface area contributed by atoms with Crippen molar-refractivity contribution in [3.63, 3.8) is 0 Å². The molecule has 7 heteroatoms. The first-order valence-corrected chi connectivity index (χ1v) is 6.35. The molecular formula is C14H21N3O4. The highest BCUT2D eigenvalue weighted by atomic mass is 16.6. The molecule has 21 heavy (non-hydrogen) atoms. The highest BCUT2D eigenvalue weighted by molar-refractivity contribution is 5.88. The minimum absolute atomic E-state index is 0.0361. The number of carbonyl (C=O) groups excluding carboxylic acids is 1. The number of nitrogens with two attached hydrogens (primary N) is 1. The summed E-state index contributed by atoms with van der Waals surface area (Å²) in [5.41, 5.74) is 5.47. The standard InChI is InChI=1S/C14H21N3O4/c1-14(2,3)21-13(19)17-9-5-8(7-11(15)16)6-10(20-4)12(9)18/h5-6,18H,7H2,1-4H3,(H3,15,16)(H,17,19). The second kappa shape index (κ2) is 6.34. The molecule has 0 saturated heterocycles. The number of aromatic hydroxyl groups is 1. The molecule has 5 N–H and O–H groups in total. The Kier molecular flexibility index (Phi) is 5.02. The van der Waals surface area contributed by atoms with Gasteiger partial charge in [0.2, 0.25) is 0 Å². The Morgan fingerprint density at radius 2 is 2.05 bits per heavy atom. The molecule has 0 fully saturated rings. The van der Waals surface area contributed by atoms with Crippen LogP contribution in [-0.2, 0) is 11.2 Å². The van der Waals surface area contributed by atoms with Crippen molar-refractivity contribution in [2.45, 2.75) is 32.8 Å². The number of phenols is 1. The van der Waals surface area contributed by atoms with Crippen LogP contribution in [0.2, 0.25) is 0 Å². The molecule has 0 bridgehead atoms. The fraction of sp³-hybridized carbons (Fsp3) is 0.429. The van der Waals surface area contributed by atoms with Crippen molar-refractivity contribution in [1.29, 1.82) is 5.41 Å². The number of hydrogen-bond donors (Lipinski definition) is 4. The third kappa shape index (κ3) is 5.21. The highest BCUT2D eigenvalue weighted by Crippen LogP contribution is 2.35. The Balaban J connectivity index is 3.04. The monoisotopic (exact) mass is 295 g/mol. The molecule has 0 spiro atoms. The van der Waals surface area contributed by atoms with Crippen LogP contribution in [0.25, 0.3) is 0 Å². The van der Waals surface area contributed by atoms with Gasteiger partial charge >= 0.3 is 6.09 Å². The Labute approximate surface area is 123 Å². The lowest BCUT2D eigenvalue weighted by Crippen LogP contribution is -2.27. The van der Waals surface area contributed by atoms with Crippen LogP contribution in [0.4, 0.5) is 10.5 Å². The number of amidine groups is 1. The largest absolute Gasteiger partial charge is 0.503 e. The number of hydrogen-bond acceptors (Lipinski definition) is 5. The summed E-state index contributed by atoms with van der Waals surface area (Å²) < 4.78 is 10.2. The van der Waals surface area contributed by atoms with Gasteiger partial charge in [0.25, 0.3) is 0 Å². The van der Waals surface area contributed by atoms with E-state index in [0.717, 1.165) is 0 Å².